The molecule has 1 heterocycles. The molecule has 0 amide bonds. The summed E-state index contributed by atoms with van der Waals surface area (Å²) in [4.78, 5) is 12.2. The van der Waals surface area contributed by atoms with Gasteiger partial charge in [-0.05, 0) is 33.4 Å². The normalized spacial score (nSPS) is 15.4. The first kappa shape index (κ1) is 35.3. The molecule has 0 fully saturated rings. The van der Waals surface area contributed by atoms with Gasteiger partial charge < -0.3 is 4.89 Å². The fourth-order valence-electron chi connectivity index (χ4n) is 5.20. The predicted octanol–water partition coefficient (Wildman–Crippen LogP) is 9.49. The van der Waals surface area contributed by atoms with Crippen molar-refractivity contribution < 1.29 is 36.7 Å². The van der Waals surface area contributed by atoms with Crippen molar-refractivity contribution in [1.82, 2.24) is 8.88 Å². The number of rotatable bonds is 14. The Morgan fingerprint density at radius 3 is 0.980 bits per heavy atom. The topological polar surface area (TPSA) is 115 Å². The Morgan fingerprint density at radius 1 is 0.469 bits per heavy atom. The van der Waals surface area contributed by atoms with Gasteiger partial charge in [-0.25, -0.2) is 9.13 Å². The maximum Gasteiger partial charge on any atom is 0.417 e. The van der Waals surface area contributed by atoms with Crippen LogP contribution >= 0.6 is 23.2 Å². The maximum atomic E-state index is 15.1. The van der Waals surface area contributed by atoms with Crippen molar-refractivity contribution in [2.45, 2.75) is 39.5 Å². The van der Waals surface area contributed by atoms with Gasteiger partial charge in [-0.2, -0.15) is 0 Å². The number of hydrogen-bond donors (Lipinski definition) is 1. The summed E-state index contributed by atoms with van der Waals surface area (Å²) >= 11 is 0. The molecule has 5 aromatic rings. The van der Waals surface area contributed by atoms with E-state index in [1.54, 1.807) is 121 Å². The number of fused-ring (bicyclic) bond motifs is 1. The van der Waals surface area contributed by atoms with Gasteiger partial charge >= 0.3 is 23.2 Å². The molecule has 254 valence electrons. The number of hydrogen-bond acceptors (Lipinski definition) is 7. The lowest BCUT2D eigenvalue weighted by atomic mass is 10.1. The van der Waals surface area contributed by atoms with Crippen LogP contribution in [0.3, 0.4) is 0 Å². The maximum absolute atomic E-state index is 15.1. The molecule has 5 aromatic carbocycles. The molecule has 0 spiro atoms. The van der Waals surface area contributed by atoms with E-state index < -0.39 is 23.2 Å². The zero-order chi connectivity index (χ0) is 34.2. The molecule has 10 nitrogen and oxygen atoms in total. The van der Waals surface area contributed by atoms with Crippen LogP contribution in [0.1, 0.15) is 33.4 Å². The highest BCUT2D eigenvalue weighted by Gasteiger charge is 2.57. The second-order valence-corrected chi connectivity index (χ2v) is 17.8. The van der Waals surface area contributed by atoms with Crippen molar-refractivity contribution in [1.29, 1.82) is 0 Å². The molecule has 0 bridgehead atoms. The summed E-state index contributed by atoms with van der Waals surface area (Å²) in [5.41, 5.74) is 3.85. The minimum atomic E-state index is -5.12. The minimum absolute atomic E-state index is 0.183. The lowest BCUT2D eigenvalue weighted by Gasteiger charge is -2.38. The molecule has 49 heavy (non-hydrogen) atoms. The fourth-order valence-corrected chi connectivity index (χ4v) is 12.4. The van der Waals surface area contributed by atoms with E-state index in [4.69, 9.17) is 18.1 Å². The predicted molar refractivity (Wildman–Crippen MR) is 187 cm³/mol. The highest BCUT2D eigenvalue weighted by Crippen LogP contribution is 2.76. The molecule has 1 aliphatic rings. The minimum Gasteiger partial charge on any atom is -0.321 e. The summed E-state index contributed by atoms with van der Waals surface area (Å²) in [7, 11) is -14.4. The molecule has 0 aromatic heterocycles. The highest BCUT2D eigenvalue weighted by molar-refractivity contribution is 7.74. The average Bonchev–Trinajstić information content (AvgIpc) is 3.27. The van der Waals surface area contributed by atoms with Gasteiger partial charge in [0.25, 0.3) is 0 Å². The van der Waals surface area contributed by atoms with Crippen molar-refractivity contribution in [3.8, 4) is 0 Å². The Labute approximate surface area is 286 Å². The summed E-state index contributed by atoms with van der Waals surface area (Å²) in [6.07, 6.45) is 0. The monoisotopic (exact) mass is 718 g/mol. The first-order chi connectivity index (χ1) is 23.8. The summed E-state index contributed by atoms with van der Waals surface area (Å²) in [5.74, 6) is 0. The van der Waals surface area contributed by atoms with Crippen LogP contribution < -0.4 is 0 Å². The van der Waals surface area contributed by atoms with E-state index in [1.807, 2.05) is 24.3 Å². The van der Waals surface area contributed by atoms with Crippen LogP contribution in [0.25, 0.3) is 0 Å². The van der Waals surface area contributed by atoms with Crippen LogP contribution in [0.2, 0.25) is 0 Å². The van der Waals surface area contributed by atoms with E-state index in [0.29, 0.717) is 33.4 Å². The summed E-state index contributed by atoms with van der Waals surface area (Å²) < 4.78 is 71.0. The van der Waals surface area contributed by atoms with Crippen LogP contribution in [0.5, 0.6) is 0 Å². The van der Waals surface area contributed by atoms with Crippen molar-refractivity contribution in [3.05, 3.63) is 179 Å². The van der Waals surface area contributed by atoms with Gasteiger partial charge in [0, 0.05) is 13.1 Å². The lowest BCUT2D eigenvalue weighted by molar-refractivity contribution is 0.147. The molecule has 0 radical (unpaired) electrons. The molecule has 0 aliphatic carbocycles. The fraction of sp³-hybridized carbons (Fsp3) is 0.167. The lowest BCUT2D eigenvalue weighted by Crippen LogP contribution is -2.28. The molecule has 13 heteroatoms. The average molecular weight is 719 g/mol. The Balaban J connectivity index is 1.42. The van der Waals surface area contributed by atoms with E-state index >= 15 is 13.7 Å². The molecule has 1 aliphatic heterocycles. The van der Waals surface area contributed by atoms with E-state index in [-0.39, 0.29) is 39.5 Å². The summed E-state index contributed by atoms with van der Waals surface area (Å²) in [6.45, 7) is -1.34. The van der Waals surface area contributed by atoms with E-state index in [9.17, 15) is 4.89 Å². The van der Waals surface area contributed by atoms with Gasteiger partial charge in [-0.1, -0.05) is 146 Å². The first-order valence-corrected chi connectivity index (χ1v) is 20.2. The second-order valence-electron chi connectivity index (χ2n) is 11.3. The van der Waals surface area contributed by atoms with Crippen molar-refractivity contribution in [2.75, 3.05) is 0 Å². The van der Waals surface area contributed by atoms with Crippen molar-refractivity contribution in [3.63, 3.8) is 0 Å². The van der Waals surface area contributed by atoms with Crippen LogP contribution in [0.4, 0.5) is 0 Å². The van der Waals surface area contributed by atoms with Crippen LogP contribution in [-0.2, 0) is 71.3 Å². The van der Waals surface area contributed by atoms with E-state index in [2.05, 4.69) is 0 Å². The smallest absolute Gasteiger partial charge is 0.321 e. The van der Waals surface area contributed by atoms with Crippen molar-refractivity contribution >= 4 is 23.2 Å². The molecular weight excluding hydrogens is 681 g/mol. The van der Waals surface area contributed by atoms with Crippen LogP contribution in [0, 0.1) is 0 Å². The molecule has 6 rings (SSSR count). The third-order valence-corrected chi connectivity index (χ3v) is 15.3. The SMILES string of the molecule is O=P(OCc1ccccc1)(OCc1ccccc1)N1Cc2ccccc2CN(P(=O)(OCc2ccccc2)OCc2ccccc2)P1(=O)O. The number of benzene rings is 5. The van der Waals surface area contributed by atoms with Gasteiger partial charge in [0.05, 0.1) is 26.4 Å². The Morgan fingerprint density at radius 2 is 0.714 bits per heavy atom. The standard InChI is InChI=1S/C36H37N2O8P3/c39-47(40)37(48(41,43-27-31-15-5-1-6-16-31)44-28-32-17-7-2-8-18-32)25-35-23-13-14-24-36(35)26-38(47)49(42,45-29-33-19-9-3-10-20-33)46-30-34-21-11-4-12-22-34/h1-24H,25-30H2,(H,39,40). The molecule has 0 saturated carbocycles. The highest BCUT2D eigenvalue weighted by atomic mass is 31.3. The van der Waals surface area contributed by atoms with Gasteiger partial charge in [-0.15, -0.1) is 8.88 Å². The van der Waals surface area contributed by atoms with Gasteiger partial charge in [0.2, 0.25) is 0 Å². The zero-order valence-corrected chi connectivity index (χ0v) is 29.3. The summed E-state index contributed by atoms with van der Waals surface area (Å²) in [5, 5.41) is 0. The molecule has 0 saturated heterocycles. The van der Waals surface area contributed by atoms with Gasteiger partial charge in [-0.3, -0.25) is 22.7 Å². The first-order valence-electron chi connectivity index (χ1n) is 15.7. The molecule has 0 unspecified atom stereocenters. The summed E-state index contributed by atoms with van der Waals surface area (Å²) in [6, 6.07) is 43.1. The van der Waals surface area contributed by atoms with E-state index in [0.717, 1.165) is 8.88 Å². The molecule has 0 atom stereocenters. The third-order valence-electron chi connectivity index (χ3n) is 7.86. The van der Waals surface area contributed by atoms with Crippen LogP contribution in [-0.4, -0.2) is 13.8 Å². The molecule has 1 N–H and O–H groups in total. The van der Waals surface area contributed by atoms with Crippen molar-refractivity contribution in [2.24, 2.45) is 0 Å². The Hall–Kier alpha value is -3.49. The van der Waals surface area contributed by atoms with Gasteiger partial charge in [0.15, 0.2) is 0 Å². The Bertz CT molecular complexity index is 1720. The Kier molecular flexibility index (Phi) is 11.6. The largest absolute Gasteiger partial charge is 0.417 e. The molecular formula is C36H37N2O8P3. The second kappa shape index (κ2) is 16.0. The quantitative estimate of drug-likeness (QED) is 0.111. The third kappa shape index (κ3) is 8.82. The van der Waals surface area contributed by atoms with Gasteiger partial charge in [0.1, 0.15) is 0 Å². The number of nitrogens with zero attached hydrogens (tertiary/aromatic N) is 2. The van der Waals surface area contributed by atoms with E-state index in [1.165, 1.54) is 0 Å². The van der Waals surface area contributed by atoms with Crippen LogP contribution in [0.15, 0.2) is 146 Å². The zero-order valence-electron chi connectivity index (χ0n) is 26.6.